The standard InChI is InChI=1S/C45H33N3O/c1-44(2)33-18-10-8-15-28(33)29-22-21-27(25-35(29)44)42-46-41(26-13-6-5-7-14-26)47-43(48-42)32-17-12-19-34-38(32)31-23-24-37-39(40(31)45(34,3)4)30-16-9-11-20-36(30)49-37/h5-25H,1-4H3. The van der Waals surface area contributed by atoms with Crippen molar-refractivity contribution in [3.8, 4) is 56.4 Å². The van der Waals surface area contributed by atoms with Crippen LogP contribution < -0.4 is 0 Å². The molecule has 49 heavy (non-hydrogen) atoms. The van der Waals surface area contributed by atoms with Crippen LogP contribution in [0.5, 0.6) is 0 Å². The molecule has 0 radical (unpaired) electrons. The van der Waals surface area contributed by atoms with Crippen LogP contribution in [-0.4, -0.2) is 15.0 Å². The molecule has 0 unspecified atom stereocenters. The van der Waals surface area contributed by atoms with E-state index in [1.165, 1.54) is 49.9 Å². The first kappa shape index (κ1) is 28.2. The predicted octanol–water partition coefficient (Wildman–Crippen LogP) is 11.4. The summed E-state index contributed by atoms with van der Waals surface area (Å²) in [6.07, 6.45) is 0. The van der Waals surface area contributed by atoms with Crippen molar-refractivity contribution in [3.63, 3.8) is 0 Å². The lowest BCUT2D eigenvalue weighted by Gasteiger charge is -2.22. The Bertz CT molecular complexity index is 2660. The van der Waals surface area contributed by atoms with E-state index in [1.807, 2.05) is 24.3 Å². The third-order valence-corrected chi connectivity index (χ3v) is 10.9. The molecule has 0 saturated heterocycles. The molecule has 0 spiro atoms. The average Bonchev–Trinajstić information content (AvgIpc) is 3.71. The normalized spacial score (nSPS) is 14.9. The van der Waals surface area contributed by atoms with E-state index >= 15 is 0 Å². The number of benzene rings is 6. The third kappa shape index (κ3) is 3.89. The third-order valence-electron chi connectivity index (χ3n) is 10.9. The van der Waals surface area contributed by atoms with Gasteiger partial charge in [0.25, 0.3) is 0 Å². The van der Waals surface area contributed by atoms with Crippen LogP contribution in [0.2, 0.25) is 0 Å². The number of furan rings is 1. The predicted molar refractivity (Wildman–Crippen MR) is 199 cm³/mol. The Morgan fingerprint density at radius 3 is 1.96 bits per heavy atom. The number of hydrogen-bond donors (Lipinski definition) is 0. The summed E-state index contributed by atoms with van der Waals surface area (Å²) in [6, 6.07) is 44.9. The van der Waals surface area contributed by atoms with Gasteiger partial charge in [-0.1, -0.05) is 137 Å². The maximum Gasteiger partial charge on any atom is 0.164 e. The molecule has 10 rings (SSSR count). The van der Waals surface area contributed by atoms with Crippen molar-refractivity contribution in [2.75, 3.05) is 0 Å². The summed E-state index contributed by atoms with van der Waals surface area (Å²) < 4.78 is 6.35. The van der Waals surface area contributed by atoms with Gasteiger partial charge in [0.05, 0.1) is 0 Å². The van der Waals surface area contributed by atoms with Gasteiger partial charge in [-0.05, 0) is 62.7 Å². The van der Waals surface area contributed by atoms with Gasteiger partial charge in [-0.2, -0.15) is 0 Å². The molecule has 4 nitrogen and oxygen atoms in total. The van der Waals surface area contributed by atoms with Crippen molar-refractivity contribution in [1.82, 2.24) is 15.0 Å². The first-order valence-electron chi connectivity index (χ1n) is 17.0. The Kier molecular flexibility index (Phi) is 5.65. The molecule has 0 N–H and O–H groups in total. The first-order chi connectivity index (χ1) is 23.8. The Morgan fingerprint density at radius 2 is 1.10 bits per heavy atom. The highest BCUT2D eigenvalue weighted by Gasteiger charge is 2.40. The number of rotatable bonds is 3. The fourth-order valence-corrected chi connectivity index (χ4v) is 8.54. The minimum Gasteiger partial charge on any atom is -0.456 e. The van der Waals surface area contributed by atoms with Crippen molar-refractivity contribution in [3.05, 3.63) is 150 Å². The molecule has 0 amide bonds. The van der Waals surface area contributed by atoms with Crippen LogP contribution in [0.25, 0.3) is 78.4 Å². The van der Waals surface area contributed by atoms with Gasteiger partial charge < -0.3 is 4.42 Å². The molecule has 6 aromatic carbocycles. The highest BCUT2D eigenvalue weighted by Crippen LogP contribution is 2.55. The van der Waals surface area contributed by atoms with Crippen LogP contribution in [0.4, 0.5) is 0 Å². The SMILES string of the molecule is CC1(C)c2ccccc2-c2ccc(-c3nc(-c4ccccc4)nc(-c4cccc5c4-c4ccc6oc7ccccc7c6c4C5(C)C)n3)cc21. The molecule has 0 saturated carbocycles. The minimum absolute atomic E-state index is 0.127. The van der Waals surface area contributed by atoms with Gasteiger partial charge in [0.15, 0.2) is 17.5 Å². The summed E-state index contributed by atoms with van der Waals surface area (Å²) in [5, 5.41) is 2.33. The largest absolute Gasteiger partial charge is 0.456 e. The number of nitrogens with zero attached hydrogens (tertiary/aromatic N) is 3. The van der Waals surface area contributed by atoms with Crippen molar-refractivity contribution in [2.24, 2.45) is 0 Å². The molecule has 0 fully saturated rings. The zero-order chi connectivity index (χ0) is 33.1. The fourth-order valence-electron chi connectivity index (χ4n) is 8.54. The Labute approximate surface area is 285 Å². The maximum atomic E-state index is 6.35. The van der Waals surface area contributed by atoms with E-state index < -0.39 is 0 Å². The van der Waals surface area contributed by atoms with Crippen LogP contribution in [0.15, 0.2) is 132 Å². The molecule has 2 aromatic heterocycles. The second-order valence-corrected chi connectivity index (χ2v) is 14.4. The van der Waals surface area contributed by atoms with E-state index in [1.54, 1.807) is 0 Å². The first-order valence-corrected chi connectivity index (χ1v) is 17.0. The zero-order valence-electron chi connectivity index (χ0n) is 27.9. The monoisotopic (exact) mass is 631 g/mol. The van der Waals surface area contributed by atoms with Crippen LogP contribution in [0, 0.1) is 0 Å². The van der Waals surface area contributed by atoms with Crippen LogP contribution in [0.1, 0.15) is 49.9 Å². The van der Waals surface area contributed by atoms with Gasteiger partial charge in [-0.25, -0.2) is 15.0 Å². The van der Waals surface area contributed by atoms with E-state index in [0.29, 0.717) is 17.5 Å². The summed E-state index contributed by atoms with van der Waals surface area (Å²) in [4.78, 5) is 15.6. The molecule has 2 aliphatic rings. The van der Waals surface area contributed by atoms with E-state index in [2.05, 4.69) is 131 Å². The van der Waals surface area contributed by atoms with Crippen molar-refractivity contribution < 1.29 is 4.42 Å². The molecular formula is C45H33N3O. The molecule has 2 aliphatic carbocycles. The Balaban J connectivity index is 1.21. The number of fused-ring (bicyclic) bond motifs is 10. The van der Waals surface area contributed by atoms with E-state index in [0.717, 1.165) is 33.2 Å². The lowest BCUT2D eigenvalue weighted by atomic mass is 9.80. The van der Waals surface area contributed by atoms with Crippen molar-refractivity contribution in [2.45, 2.75) is 38.5 Å². The maximum absolute atomic E-state index is 6.35. The zero-order valence-corrected chi connectivity index (χ0v) is 27.9. The topological polar surface area (TPSA) is 51.8 Å². The van der Waals surface area contributed by atoms with Gasteiger partial charge in [0, 0.05) is 38.3 Å². The Morgan fingerprint density at radius 1 is 0.449 bits per heavy atom. The van der Waals surface area contributed by atoms with Gasteiger partial charge in [-0.15, -0.1) is 0 Å². The summed E-state index contributed by atoms with van der Waals surface area (Å²) in [5.74, 6) is 2.00. The average molecular weight is 632 g/mol. The quantitative estimate of drug-likeness (QED) is 0.195. The fraction of sp³-hybridized carbons (Fsp3) is 0.133. The summed E-state index contributed by atoms with van der Waals surface area (Å²) in [7, 11) is 0. The van der Waals surface area contributed by atoms with Gasteiger partial charge in [0.2, 0.25) is 0 Å². The van der Waals surface area contributed by atoms with Crippen LogP contribution in [0.3, 0.4) is 0 Å². The second-order valence-electron chi connectivity index (χ2n) is 14.4. The number of hydrogen-bond acceptors (Lipinski definition) is 4. The van der Waals surface area contributed by atoms with Gasteiger partial charge >= 0.3 is 0 Å². The second kappa shape index (κ2) is 9.83. The molecule has 234 valence electrons. The minimum atomic E-state index is -0.258. The lowest BCUT2D eigenvalue weighted by Crippen LogP contribution is -2.15. The molecule has 0 aliphatic heterocycles. The highest BCUT2D eigenvalue weighted by molar-refractivity contribution is 6.12. The Hall–Kier alpha value is -5.87. The van der Waals surface area contributed by atoms with Gasteiger partial charge in [-0.3, -0.25) is 0 Å². The number of aromatic nitrogens is 3. The molecule has 0 bridgehead atoms. The summed E-state index contributed by atoms with van der Waals surface area (Å²) in [6.45, 7) is 9.26. The molecule has 4 heteroatoms. The highest BCUT2D eigenvalue weighted by atomic mass is 16.3. The van der Waals surface area contributed by atoms with E-state index in [-0.39, 0.29) is 10.8 Å². The molecule has 0 atom stereocenters. The van der Waals surface area contributed by atoms with Crippen LogP contribution >= 0.6 is 0 Å². The van der Waals surface area contributed by atoms with Crippen LogP contribution in [-0.2, 0) is 10.8 Å². The van der Waals surface area contributed by atoms with Gasteiger partial charge in [0.1, 0.15) is 11.2 Å². The lowest BCUT2D eigenvalue weighted by molar-refractivity contribution is 0.657. The smallest absolute Gasteiger partial charge is 0.164 e. The molecule has 2 heterocycles. The van der Waals surface area contributed by atoms with Crippen molar-refractivity contribution in [1.29, 1.82) is 0 Å². The van der Waals surface area contributed by atoms with Crippen molar-refractivity contribution >= 4 is 21.9 Å². The van der Waals surface area contributed by atoms with E-state index in [4.69, 9.17) is 19.4 Å². The molecule has 8 aromatic rings. The summed E-state index contributed by atoms with van der Waals surface area (Å²) >= 11 is 0. The summed E-state index contributed by atoms with van der Waals surface area (Å²) in [5.41, 5.74) is 14.5. The number of para-hydroxylation sites is 1. The molecular weight excluding hydrogens is 599 g/mol. The van der Waals surface area contributed by atoms with E-state index in [9.17, 15) is 0 Å².